The lowest BCUT2D eigenvalue weighted by Crippen LogP contribution is -2.17. The summed E-state index contributed by atoms with van der Waals surface area (Å²) >= 11 is 0. The van der Waals surface area contributed by atoms with Crippen LogP contribution in [-0.4, -0.2) is 14.2 Å². The highest BCUT2D eigenvalue weighted by Gasteiger charge is 2.12. The van der Waals surface area contributed by atoms with E-state index in [0.29, 0.717) is 12.1 Å². The van der Waals surface area contributed by atoms with E-state index < -0.39 is 10.0 Å². The number of anilines is 3. The van der Waals surface area contributed by atoms with Crippen molar-refractivity contribution in [1.82, 2.24) is 0 Å². The number of aryl methyl sites for hydroxylation is 1. The zero-order valence-electron chi connectivity index (χ0n) is 13.0. The summed E-state index contributed by atoms with van der Waals surface area (Å²) in [5.74, 6) is 0.141. The van der Waals surface area contributed by atoms with Crippen LogP contribution in [0.5, 0.6) is 0 Å². The average Bonchev–Trinajstić information content (AvgIpc) is 2.49. The van der Waals surface area contributed by atoms with Gasteiger partial charge in [-0.25, -0.2) is 8.42 Å². The lowest BCUT2D eigenvalue weighted by atomic mass is 10.2. The Balaban J connectivity index is 2.18. The summed E-state index contributed by atoms with van der Waals surface area (Å²) in [6.45, 7) is 4.00. The zero-order chi connectivity index (χ0) is 16.0. The number of sulfonamides is 1. The summed E-state index contributed by atoms with van der Waals surface area (Å²) in [4.78, 5) is 0. The predicted molar refractivity (Wildman–Crippen MR) is 93.2 cm³/mol. The molecule has 0 radical (unpaired) electrons. The van der Waals surface area contributed by atoms with Gasteiger partial charge in [-0.15, -0.1) is 0 Å². The maximum absolute atomic E-state index is 12.1. The second-order valence-corrected chi connectivity index (χ2v) is 7.15. The van der Waals surface area contributed by atoms with Crippen molar-refractivity contribution in [1.29, 1.82) is 0 Å². The third-order valence-corrected chi connectivity index (χ3v) is 4.65. The van der Waals surface area contributed by atoms with Gasteiger partial charge in [-0.05, 0) is 37.6 Å². The molecule has 2 N–H and O–H groups in total. The molecule has 0 aromatic heterocycles. The highest BCUT2D eigenvalue weighted by molar-refractivity contribution is 7.92. The second-order valence-electron chi connectivity index (χ2n) is 5.31. The van der Waals surface area contributed by atoms with E-state index in [-0.39, 0.29) is 5.75 Å². The van der Waals surface area contributed by atoms with E-state index >= 15 is 0 Å². The molecule has 0 saturated heterocycles. The highest BCUT2D eigenvalue weighted by atomic mass is 32.2. The van der Waals surface area contributed by atoms with Crippen LogP contribution in [0.15, 0.2) is 48.5 Å². The maximum Gasteiger partial charge on any atom is 0.232 e. The smallest absolute Gasteiger partial charge is 0.232 e. The summed E-state index contributed by atoms with van der Waals surface area (Å²) in [6, 6.07) is 15.3. The molecule has 0 bridgehead atoms. The minimum absolute atomic E-state index is 0.141. The third kappa shape index (κ3) is 4.77. The average molecular weight is 318 g/mol. The van der Waals surface area contributed by atoms with E-state index in [4.69, 9.17) is 0 Å². The van der Waals surface area contributed by atoms with E-state index in [2.05, 4.69) is 10.0 Å². The van der Waals surface area contributed by atoms with Gasteiger partial charge in [0.2, 0.25) is 10.0 Å². The Kier molecular flexibility index (Phi) is 5.44. The Bertz CT molecular complexity index is 710. The fraction of sp³-hybridized carbons (Fsp3) is 0.294. The molecule has 22 heavy (non-hydrogen) atoms. The quantitative estimate of drug-likeness (QED) is 0.801. The van der Waals surface area contributed by atoms with Crippen LogP contribution in [0, 0.1) is 6.92 Å². The molecule has 0 saturated carbocycles. The van der Waals surface area contributed by atoms with Crippen molar-refractivity contribution in [2.75, 3.05) is 15.8 Å². The third-order valence-electron chi connectivity index (χ3n) is 3.29. The molecule has 0 heterocycles. The molecule has 4 nitrogen and oxygen atoms in total. The molecule has 2 aromatic carbocycles. The van der Waals surface area contributed by atoms with Gasteiger partial charge in [0.1, 0.15) is 0 Å². The first-order valence-corrected chi connectivity index (χ1v) is 9.08. The fourth-order valence-corrected chi connectivity index (χ4v) is 3.31. The maximum atomic E-state index is 12.1. The summed E-state index contributed by atoms with van der Waals surface area (Å²) in [5.41, 5.74) is 3.41. The van der Waals surface area contributed by atoms with Crippen molar-refractivity contribution >= 4 is 27.1 Å². The summed E-state index contributed by atoms with van der Waals surface area (Å²) < 4.78 is 26.8. The van der Waals surface area contributed by atoms with Crippen LogP contribution >= 0.6 is 0 Å². The Morgan fingerprint density at radius 1 is 0.955 bits per heavy atom. The molecule has 0 aliphatic carbocycles. The van der Waals surface area contributed by atoms with Crippen LogP contribution in [0.4, 0.5) is 17.1 Å². The second kappa shape index (κ2) is 7.31. The minimum Gasteiger partial charge on any atom is -0.354 e. The molecule has 0 unspecified atom stereocenters. The molecule has 0 aliphatic rings. The van der Waals surface area contributed by atoms with Gasteiger partial charge in [0.25, 0.3) is 0 Å². The van der Waals surface area contributed by atoms with E-state index in [1.807, 2.05) is 56.3 Å². The molecule has 2 rings (SSSR count). The number of hydrogen-bond donors (Lipinski definition) is 2. The van der Waals surface area contributed by atoms with Crippen LogP contribution < -0.4 is 10.0 Å². The largest absolute Gasteiger partial charge is 0.354 e. The van der Waals surface area contributed by atoms with Crippen LogP contribution in [0.2, 0.25) is 0 Å². The summed E-state index contributed by atoms with van der Waals surface area (Å²) in [6.07, 6.45) is 1.51. The van der Waals surface area contributed by atoms with Gasteiger partial charge < -0.3 is 5.32 Å². The first-order valence-electron chi connectivity index (χ1n) is 7.43. The SMILES string of the molecule is CCCCS(=O)(=O)Nc1ccccc1Nc1ccc(C)cc1. The first kappa shape index (κ1) is 16.4. The number of para-hydroxylation sites is 2. The van der Waals surface area contributed by atoms with E-state index in [1.165, 1.54) is 5.56 Å². The molecule has 118 valence electrons. The molecule has 0 spiro atoms. The van der Waals surface area contributed by atoms with Gasteiger partial charge in [-0.2, -0.15) is 0 Å². The molecular formula is C17H22N2O2S. The Morgan fingerprint density at radius 3 is 2.23 bits per heavy atom. The van der Waals surface area contributed by atoms with E-state index in [0.717, 1.165) is 17.8 Å². The van der Waals surface area contributed by atoms with Gasteiger partial charge >= 0.3 is 0 Å². The van der Waals surface area contributed by atoms with Crippen LogP contribution in [0.25, 0.3) is 0 Å². The molecule has 0 fully saturated rings. The van der Waals surface area contributed by atoms with E-state index in [9.17, 15) is 8.42 Å². The number of benzene rings is 2. The summed E-state index contributed by atoms with van der Waals surface area (Å²) in [7, 11) is -3.31. The highest BCUT2D eigenvalue weighted by Crippen LogP contribution is 2.26. The molecule has 0 atom stereocenters. The van der Waals surface area contributed by atoms with Crippen molar-refractivity contribution < 1.29 is 8.42 Å². The molecule has 5 heteroatoms. The standard InChI is InChI=1S/C17H22N2O2S/c1-3-4-13-22(20,21)19-17-8-6-5-7-16(17)18-15-11-9-14(2)10-12-15/h5-12,18-19H,3-4,13H2,1-2H3. The zero-order valence-corrected chi connectivity index (χ0v) is 13.8. The molecule has 2 aromatic rings. The molecule has 0 amide bonds. The van der Waals surface area contributed by atoms with Gasteiger partial charge in [0, 0.05) is 5.69 Å². The number of nitrogens with one attached hydrogen (secondary N) is 2. The topological polar surface area (TPSA) is 58.2 Å². The van der Waals surface area contributed by atoms with Crippen molar-refractivity contribution in [3.8, 4) is 0 Å². The Morgan fingerprint density at radius 2 is 1.59 bits per heavy atom. The monoisotopic (exact) mass is 318 g/mol. The van der Waals surface area contributed by atoms with Crippen LogP contribution in [-0.2, 0) is 10.0 Å². The van der Waals surface area contributed by atoms with Crippen molar-refractivity contribution in [3.05, 3.63) is 54.1 Å². The predicted octanol–water partition coefficient (Wildman–Crippen LogP) is 4.28. The van der Waals surface area contributed by atoms with Crippen molar-refractivity contribution in [2.24, 2.45) is 0 Å². The van der Waals surface area contributed by atoms with Crippen molar-refractivity contribution in [3.63, 3.8) is 0 Å². The van der Waals surface area contributed by atoms with Crippen LogP contribution in [0.1, 0.15) is 25.3 Å². The van der Waals surface area contributed by atoms with Gasteiger partial charge in [0.05, 0.1) is 17.1 Å². The minimum atomic E-state index is -3.31. The summed E-state index contributed by atoms with van der Waals surface area (Å²) in [5, 5.41) is 3.25. The number of unbranched alkanes of at least 4 members (excludes halogenated alkanes) is 1. The first-order chi connectivity index (χ1) is 10.5. The van der Waals surface area contributed by atoms with Gasteiger partial charge in [-0.1, -0.05) is 43.2 Å². The van der Waals surface area contributed by atoms with Crippen molar-refractivity contribution in [2.45, 2.75) is 26.7 Å². The number of hydrogen-bond acceptors (Lipinski definition) is 3. The Labute approximate surface area is 132 Å². The lowest BCUT2D eigenvalue weighted by Gasteiger charge is -2.14. The van der Waals surface area contributed by atoms with Gasteiger partial charge in [-0.3, -0.25) is 4.72 Å². The van der Waals surface area contributed by atoms with Crippen LogP contribution in [0.3, 0.4) is 0 Å². The normalized spacial score (nSPS) is 11.2. The lowest BCUT2D eigenvalue weighted by molar-refractivity contribution is 0.598. The number of rotatable bonds is 7. The fourth-order valence-electron chi connectivity index (χ4n) is 2.03. The van der Waals surface area contributed by atoms with E-state index in [1.54, 1.807) is 6.07 Å². The molecule has 0 aliphatic heterocycles. The van der Waals surface area contributed by atoms with Gasteiger partial charge in [0.15, 0.2) is 0 Å². The Hall–Kier alpha value is -2.01. The molecular weight excluding hydrogens is 296 g/mol.